The van der Waals surface area contributed by atoms with E-state index in [1.807, 2.05) is 13.2 Å². The lowest BCUT2D eigenvalue weighted by Gasteiger charge is -2.24. The van der Waals surface area contributed by atoms with Crippen LogP contribution in [0.3, 0.4) is 0 Å². The standard InChI is InChI=1S/C15H26N4/c1-11(2)13-6-5-8-19(9-7-13)14-12(3)10-17-15(16-4)18-14/h10-11,13H,5-9H2,1-4H3,(H,16,17,18). The molecule has 1 N–H and O–H groups in total. The Balaban J connectivity index is 2.13. The second-order valence-electron chi connectivity index (χ2n) is 5.87. The SMILES string of the molecule is CNc1ncc(C)c(N2CCCC(C(C)C)CC2)n1. The molecule has 0 radical (unpaired) electrons. The topological polar surface area (TPSA) is 41.1 Å². The van der Waals surface area contributed by atoms with E-state index < -0.39 is 0 Å². The number of rotatable bonds is 3. The van der Waals surface area contributed by atoms with Crippen LogP contribution in [0.1, 0.15) is 38.7 Å². The number of hydrogen-bond donors (Lipinski definition) is 1. The molecular formula is C15H26N4. The van der Waals surface area contributed by atoms with Crippen LogP contribution >= 0.6 is 0 Å². The van der Waals surface area contributed by atoms with Crippen LogP contribution in [0.25, 0.3) is 0 Å². The third kappa shape index (κ3) is 3.37. The van der Waals surface area contributed by atoms with Crippen molar-refractivity contribution in [2.75, 3.05) is 30.4 Å². The van der Waals surface area contributed by atoms with Gasteiger partial charge in [-0.1, -0.05) is 13.8 Å². The van der Waals surface area contributed by atoms with Crippen molar-refractivity contribution in [2.24, 2.45) is 11.8 Å². The summed E-state index contributed by atoms with van der Waals surface area (Å²) in [6, 6.07) is 0. The predicted molar refractivity (Wildman–Crippen MR) is 80.7 cm³/mol. The summed E-state index contributed by atoms with van der Waals surface area (Å²) in [4.78, 5) is 11.3. The van der Waals surface area contributed by atoms with Crippen LogP contribution in [0.15, 0.2) is 6.20 Å². The average molecular weight is 262 g/mol. The number of nitrogens with one attached hydrogen (secondary N) is 1. The van der Waals surface area contributed by atoms with Crippen molar-refractivity contribution in [1.82, 2.24) is 9.97 Å². The highest BCUT2D eigenvalue weighted by Crippen LogP contribution is 2.28. The summed E-state index contributed by atoms with van der Waals surface area (Å²) in [5, 5.41) is 3.03. The molecule has 1 aliphatic rings. The monoisotopic (exact) mass is 262 g/mol. The Morgan fingerprint density at radius 3 is 2.79 bits per heavy atom. The van der Waals surface area contributed by atoms with E-state index in [9.17, 15) is 0 Å². The zero-order chi connectivity index (χ0) is 13.8. The summed E-state index contributed by atoms with van der Waals surface area (Å²) in [5.74, 6) is 3.46. The molecule has 1 unspecified atom stereocenters. The highest BCUT2D eigenvalue weighted by Gasteiger charge is 2.21. The van der Waals surface area contributed by atoms with Crippen molar-refractivity contribution in [3.8, 4) is 0 Å². The summed E-state index contributed by atoms with van der Waals surface area (Å²) in [7, 11) is 1.87. The van der Waals surface area contributed by atoms with Gasteiger partial charge in [0, 0.05) is 31.9 Å². The third-order valence-corrected chi connectivity index (χ3v) is 4.18. The highest BCUT2D eigenvalue weighted by molar-refractivity contribution is 5.48. The molecule has 4 heteroatoms. The highest BCUT2D eigenvalue weighted by atomic mass is 15.2. The molecule has 106 valence electrons. The lowest BCUT2D eigenvalue weighted by molar-refractivity contribution is 0.351. The van der Waals surface area contributed by atoms with Crippen LogP contribution in [0, 0.1) is 18.8 Å². The lowest BCUT2D eigenvalue weighted by Crippen LogP contribution is -2.26. The molecule has 4 nitrogen and oxygen atoms in total. The Kier molecular flexibility index (Phi) is 4.61. The van der Waals surface area contributed by atoms with E-state index >= 15 is 0 Å². The van der Waals surface area contributed by atoms with Crippen molar-refractivity contribution < 1.29 is 0 Å². The minimum atomic E-state index is 0.713. The maximum absolute atomic E-state index is 4.63. The Hall–Kier alpha value is -1.32. The van der Waals surface area contributed by atoms with E-state index in [-0.39, 0.29) is 0 Å². The van der Waals surface area contributed by atoms with E-state index in [1.165, 1.54) is 24.8 Å². The molecular weight excluding hydrogens is 236 g/mol. The summed E-state index contributed by atoms with van der Waals surface area (Å²) in [6.07, 6.45) is 5.80. The smallest absolute Gasteiger partial charge is 0.224 e. The molecule has 0 amide bonds. The largest absolute Gasteiger partial charge is 0.357 e. The van der Waals surface area contributed by atoms with Crippen molar-refractivity contribution in [1.29, 1.82) is 0 Å². The van der Waals surface area contributed by atoms with E-state index in [0.29, 0.717) is 5.95 Å². The molecule has 1 aromatic rings. The Labute approximate surface area is 116 Å². The van der Waals surface area contributed by atoms with Gasteiger partial charge in [0.05, 0.1) is 0 Å². The molecule has 0 aromatic carbocycles. The molecule has 0 bridgehead atoms. The van der Waals surface area contributed by atoms with Crippen LogP contribution in [-0.4, -0.2) is 30.1 Å². The van der Waals surface area contributed by atoms with Gasteiger partial charge in [0.2, 0.25) is 5.95 Å². The maximum atomic E-state index is 4.63. The normalized spacial score (nSPS) is 20.5. The van der Waals surface area contributed by atoms with Crippen LogP contribution in [0.2, 0.25) is 0 Å². The second-order valence-corrected chi connectivity index (χ2v) is 5.87. The zero-order valence-corrected chi connectivity index (χ0v) is 12.6. The van der Waals surface area contributed by atoms with Gasteiger partial charge >= 0.3 is 0 Å². The fourth-order valence-electron chi connectivity index (χ4n) is 2.87. The lowest BCUT2D eigenvalue weighted by atomic mass is 9.89. The van der Waals surface area contributed by atoms with Crippen LogP contribution in [0.4, 0.5) is 11.8 Å². The molecule has 1 fully saturated rings. The molecule has 1 atom stereocenters. The fraction of sp³-hybridized carbons (Fsp3) is 0.733. The average Bonchev–Trinajstić information content (AvgIpc) is 2.65. The van der Waals surface area contributed by atoms with Gasteiger partial charge in [0.15, 0.2) is 0 Å². The van der Waals surface area contributed by atoms with Gasteiger partial charge in [-0.05, 0) is 38.0 Å². The maximum Gasteiger partial charge on any atom is 0.224 e. The van der Waals surface area contributed by atoms with Crippen LogP contribution in [0.5, 0.6) is 0 Å². The first-order chi connectivity index (χ1) is 9.11. The van der Waals surface area contributed by atoms with Gasteiger partial charge in [-0.25, -0.2) is 4.98 Å². The quantitative estimate of drug-likeness (QED) is 0.909. The van der Waals surface area contributed by atoms with Gasteiger partial charge in [-0.15, -0.1) is 0 Å². The second kappa shape index (κ2) is 6.22. The first-order valence-electron chi connectivity index (χ1n) is 7.38. The number of nitrogens with zero attached hydrogens (tertiary/aromatic N) is 3. The Bertz CT molecular complexity index is 417. The molecule has 1 aliphatic heterocycles. The molecule has 1 aromatic heterocycles. The Morgan fingerprint density at radius 1 is 1.32 bits per heavy atom. The van der Waals surface area contributed by atoms with E-state index in [0.717, 1.165) is 30.7 Å². The van der Waals surface area contributed by atoms with E-state index in [2.05, 4.69) is 41.0 Å². The zero-order valence-electron chi connectivity index (χ0n) is 12.6. The predicted octanol–water partition coefficient (Wildman–Crippen LogP) is 3.09. The molecule has 2 heterocycles. The van der Waals surface area contributed by atoms with Crippen LogP contribution in [-0.2, 0) is 0 Å². The molecule has 0 spiro atoms. The minimum absolute atomic E-state index is 0.713. The molecule has 0 saturated carbocycles. The van der Waals surface area contributed by atoms with Crippen molar-refractivity contribution in [3.05, 3.63) is 11.8 Å². The van der Waals surface area contributed by atoms with Gasteiger partial charge in [0.25, 0.3) is 0 Å². The van der Waals surface area contributed by atoms with Crippen molar-refractivity contribution >= 4 is 11.8 Å². The summed E-state index contributed by atoms with van der Waals surface area (Å²) >= 11 is 0. The van der Waals surface area contributed by atoms with E-state index in [1.54, 1.807) is 0 Å². The summed E-state index contributed by atoms with van der Waals surface area (Å²) < 4.78 is 0. The first-order valence-corrected chi connectivity index (χ1v) is 7.38. The number of anilines is 2. The number of aromatic nitrogens is 2. The molecule has 0 aliphatic carbocycles. The minimum Gasteiger partial charge on any atom is -0.357 e. The van der Waals surface area contributed by atoms with Crippen LogP contribution < -0.4 is 10.2 Å². The van der Waals surface area contributed by atoms with Gasteiger partial charge < -0.3 is 10.2 Å². The Morgan fingerprint density at radius 2 is 2.11 bits per heavy atom. The van der Waals surface area contributed by atoms with E-state index in [4.69, 9.17) is 0 Å². The number of hydrogen-bond acceptors (Lipinski definition) is 4. The summed E-state index contributed by atoms with van der Waals surface area (Å²) in [5.41, 5.74) is 1.17. The van der Waals surface area contributed by atoms with Gasteiger partial charge in [0.1, 0.15) is 5.82 Å². The van der Waals surface area contributed by atoms with Gasteiger partial charge in [-0.3, -0.25) is 0 Å². The summed E-state index contributed by atoms with van der Waals surface area (Å²) in [6.45, 7) is 9.01. The molecule has 19 heavy (non-hydrogen) atoms. The van der Waals surface area contributed by atoms with Crippen molar-refractivity contribution in [2.45, 2.75) is 40.0 Å². The number of aryl methyl sites for hydroxylation is 1. The van der Waals surface area contributed by atoms with Crippen molar-refractivity contribution in [3.63, 3.8) is 0 Å². The third-order valence-electron chi connectivity index (χ3n) is 4.18. The molecule has 1 saturated heterocycles. The fourth-order valence-corrected chi connectivity index (χ4v) is 2.87. The molecule has 2 rings (SSSR count). The van der Waals surface area contributed by atoms with Gasteiger partial charge in [-0.2, -0.15) is 4.98 Å². The first kappa shape index (κ1) is 14.1.